The third kappa shape index (κ3) is 1.97. The van der Waals surface area contributed by atoms with E-state index >= 15 is 0 Å². The van der Waals surface area contributed by atoms with Gasteiger partial charge in [0.05, 0.1) is 0 Å². The van der Waals surface area contributed by atoms with Crippen molar-refractivity contribution >= 4 is 3.07 Å². The van der Waals surface area contributed by atoms with Crippen LogP contribution in [0.15, 0.2) is 48.7 Å². The van der Waals surface area contributed by atoms with Crippen LogP contribution in [0.5, 0.6) is 0 Å². The molecule has 59 valence electrons. The van der Waals surface area contributed by atoms with E-state index in [-0.39, 0.29) is 0 Å². The summed E-state index contributed by atoms with van der Waals surface area (Å²) in [4.78, 5) is 4.34. The van der Waals surface area contributed by atoms with Crippen molar-refractivity contribution in [3.63, 3.8) is 0 Å². The molecule has 0 radical (unpaired) electrons. The third-order valence-corrected chi connectivity index (χ3v) is 4.36. The normalized spacial score (nSPS) is 10.0. The molecule has 0 saturated heterocycles. The first-order chi connectivity index (χ1) is 6.38. The van der Waals surface area contributed by atoms with Crippen LogP contribution in [0.2, 0.25) is 0 Å². The van der Waals surface area contributed by atoms with Gasteiger partial charge in [0.1, 0.15) is 0 Å². The summed E-state index contributed by atoms with van der Waals surface area (Å²) in [5, 5.41) is 0. The number of nitrogens with zero attached hydrogens (tertiary/aromatic N) is 1. The van der Waals surface area contributed by atoms with Crippen LogP contribution in [0, 0.1) is 0 Å². The van der Waals surface area contributed by atoms with Crippen LogP contribution >= 0.6 is 0 Å². The van der Waals surface area contributed by atoms with Crippen LogP contribution in [-0.2, 0) is 26.1 Å². The topological polar surface area (TPSA) is 12.9 Å². The van der Waals surface area contributed by atoms with Gasteiger partial charge in [-0.25, -0.2) is 0 Å². The van der Waals surface area contributed by atoms with E-state index in [0.717, 1.165) is 5.69 Å². The standard InChI is InChI=1S/C11H8N.Hg/c1-2-6-10(7-3-1)11-8-4-5-9-12-11;/h1-6,8-9H;. The maximum atomic E-state index is 4.34. The first-order valence-corrected chi connectivity index (χ1v) is 6.95. The van der Waals surface area contributed by atoms with Crippen molar-refractivity contribution < 1.29 is 26.1 Å². The average molecular weight is 355 g/mol. The van der Waals surface area contributed by atoms with E-state index in [1.807, 2.05) is 18.3 Å². The first kappa shape index (κ1) is 8.88. The fourth-order valence-electron chi connectivity index (χ4n) is 1.29. The quantitative estimate of drug-likeness (QED) is 0.713. The van der Waals surface area contributed by atoms with Crippen molar-refractivity contribution in [3.05, 3.63) is 48.7 Å². The van der Waals surface area contributed by atoms with E-state index < -0.39 is 0 Å². The third-order valence-electron chi connectivity index (χ3n) is 1.96. The number of pyridine rings is 1. The van der Waals surface area contributed by atoms with Gasteiger partial charge in [-0.15, -0.1) is 0 Å². The fourth-order valence-corrected chi connectivity index (χ4v) is 2.98. The minimum absolute atomic E-state index is 0.658. The maximum absolute atomic E-state index is 4.34. The molecule has 13 heavy (non-hydrogen) atoms. The van der Waals surface area contributed by atoms with Gasteiger partial charge in [-0.1, -0.05) is 0 Å². The zero-order valence-electron chi connectivity index (χ0n) is 7.27. The van der Waals surface area contributed by atoms with Crippen molar-refractivity contribution in [1.29, 1.82) is 0 Å². The van der Waals surface area contributed by atoms with Gasteiger partial charge in [0, 0.05) is 0 Å². The number of hydrogen-bond donors (Lipinski definition) is 0. The predicted octanol–water partition coefficient (Wildman–Crippen LogP) is 1.92. The molecule has 0 aliphatic rings. The van der Waals surface area contributed by atoms with E-state index in [2.05, 4.69) is 35.3 Å². The SMILES string of the molecule is [Hg][c]1ccccc1-c1ccccn1. The zero-order chi connectivity index (χ0) is 9.10. The molecule has 0 atom stereocenters. The van der Waals surface area contributed by atoms with Crippen molar-refractivity contribution in [2.75, 3.05) is 0 Å². The van der Waals surface area contributed by atoms with Crippen molar-refractivity contribution in [2.45, 2.75) is 0 Å². The van der Waals surface area contributed by atoms with Gasteiger partial charge >= 0.3 is 94.1 Å². The number of aromatic nitrogens is 1. The van der Waals surface area contributed by atoms with Crippen LogP contribution in [0.1, 0.15) is 0 Å². The summed E-state index contributed by atoms with van der Waals surface area (Å²) >= 11 is 0.658. The first-order valence-electron chi connectivity index (χ1n) is 4.20. The van der Waals surface area contributed by atoms with Gasteiger partial charge in [-0.2, -0.15) is 0 Å². The summed E-state index contributed by atoms with van der Waals surface area (Å²) in [5.41, 5.74) is 2.39. The predicted molar refractivity (Wildman–Crippen MR) is 49.3 cm³/mol. The van der Waals surface area contributed by atoms with Crippen LogP contribution in [0.4, 0.5) is 0 Å². The molecular formula is C11H8HgN. The van der Waals surface area contributed by atoms with Gasteiger partial charge in [0.15, 0.2) is 0 Å². The van der Waals surface area contributed by atoms with Crippen molar-refractivity contribution in [1.82, 2.24) is 4.98 Å². The monoisotopic (exact) mass is 356 g/mol. The molecule has 1 nitrogen and oxygen atoms in total. The molecule has 0 bridgehead atoms. The Labute approximate surface area is 93.8 Å². The van der Waals surface area contributed by atoms with E-state index in [1.54, 1.807) is 0 Å². The average Bonchev–Trinajstić information content (AvgIpc) is 2.20. The molecular weight excluding hydrogens is 347 g/mol. The van der Waals surface area contributed by atoms with Crippen LogP contribution in [0.25, 0.3) is 11.3 Å². The van der Waals surface area contributed by atoms with E-state index in [0.29, 0.717) is 26.1 Å². The molecule has 0 fully saturated rings. The molecule has 2 heteroatoms. The van der Waals surface area contributed by atoms with Crippen molar-refractivity contribution in [2.24, 2.45) is 0 Å². The molecule has 0 aliphatic carbocycles. The molecule has 1 aromatic heterocycles. The molecule has 0 aliphatic heterocycles. The van der Waals surface area contributed by atoms with Crippen LogP contribution in [0.3, 0.4) is 0 Å². The summed E-state index contributed by atoms with van der Waals surface area (Å²) in [6, 6.07) is 14.5. The number of rotatable bonds is 1. The molecule has 2 aromatic rings. The summed E-state index contributed by atoms with van der Waals surface area (Å²) < 4.78 is 1.46. The minimum atomic E-state index is 0.658. The Morgan fingerprint density at radius 2 is 1.69 bits per heavy atom. The second-order valence-electron chi connectivity index (χ2n) is 2.87. The zero-order valence-corrected chi connectivity index (χ0v) is 12.8. The Bertz CT molecular complexity index is 398. The molecule has 2 rings (SSSR count). The van der Waals surface area contributed by atoms with Gasteiger partial charge in [-0.05, 0) is 0 Å². The van der Waals surface area contributed by atoms with Crippen LogP contribution in [-0.4, -0.2) is 4.98 Å². The van der Waals surface area contributed by atoms with Crippen molar-refractivity contribution in [3.8, 4) is 11.3 Å². The van der Waals surface area contributed by atoms with E-state index in [4.69, 9.17) is 0 Å². The molecule has 0 N–H and O–H groups in total. The molecule has 0 amide bonds. The number of hydrogen-bond acceptors (Lipinski definition) is 1. The summed E-state index contributed by atoms with van der Waals surface area (Å²) in [6.07, 6.45) is 1.84. The fraction of sp³-hybridized carbons (Fsp3) is 0. The summed E-state index contributed by atoms with van der Waals surface area (Å²) in [5.74, 6) is 0. The van der Waals surface area contributed by atoms with Gasteiger partial charge in [0.2, 0.25) is 0 Å². The molecule has 0 unspecified atom stereocenters. The molecule has 0 saturated carbocycles. The Balaban J connectivity index is 2.54. The molecule has 1 aromatic carbocycles. The van der Waals surface area contributed by atoms with E-state index in [9.17, 15) is 0 Å². The van der Waals surface area contributed by atoms with E-state index in [1.165, 1.54) is 8.64 Å². The second kappa shape index (κ2) is 4.01. The second-order valence-corrected chi connectivity index (χ2v) is 5.83. The van der Waals surface area contributed by atoms with Gasteiger partial charge < -0.3 is 0 Å². The Morgan fingerprint density at radius 1 is 0.923 bits per heavy atom. The summed E-state index contributed by atoms with van der Waals surface area (Å²) in [7, 11) is 0. The Morgan fingerprint density at radius 3 is 2.38 bits per heavy atom. The molecule has 1 heterocycles. The van der Waals surface area contributed by atoms with Crippen LogP contribution < -0.4 is 3.07 Å². The molecule has 0 spiro atoms. The van der Waals surface area contributed by atoms with Gasteiger partial charge in [0.25, 0.3) is 0 Å². The van der Waals surface area contributed by atoms with Gasteiger partial charge in [-0.3, -0.25) is 0 Å². The summed E-state index contributed by atoms with van der Waals surface area (Å²) in [6.45, 7) is 0. The Kier molecular flexibility index (Phi) is 2.74. The number of benzene rings is 1. The Hall–Kier alpha value is -0.695.